The molecule has 0 saturated heterocycles. The molecule has 8 aromatic rings. The van der Waals surface area contributed by atoms with Crippen LogP contribution in [0.15, 0.2) is 126 Å². The fourth-order valence-corrected chi connectivity index (χ4v) is 6.77. The molecule has 4 nitrogen and oxygen atoms in total. The van der Waals surface area contributed by atoms with Crippen LogP contribution in [0.5, 0.6) is 0 Å². The van der Waals surface area contributed by atoms with E-state index in [1.165, 1.54) is 22.3 Å². The second kappa shape index (κ2) is 15.6. The van der Waals surface area contributed by atoms with Crippen molar-refractivity contribution in [1.29, 1.82) is 0 Å². The summed E-state index contributed by atoms with van der Waals surface area (Å²) in [6, 6.07) is 44.2. The van der Waals surface area contributed by atoms with E-state index in [4.69, 9.17) is 4.42 Å². The van der Waals surface area contributed by atoms with Crippen LogP contribution in [0, 0.1) is 29.9 Å². The molecule has 0 unspecified atom stereocenters. The summed E-state index contributed by atoms with van der Waals surface area (Å²) in [6.45, 7) is 15.6. The maximum atomic E-state index is 6.42. The number of benzene rings is 4. The molecule has 1 radical (unpaired) electrons. The minimum Gasteiger partial charge on any atom is -0.500 e. The Morgan fingerprint density at radius 3 is 2.02 bits per heavy atom. The van der Waals surface area contributed by atoms with Crippen LogP contribution in [0.4, 0.5) is 0 Å². The summed E-state index contributed by atoms with van der Waals surface area (Å²) in [5.74, 6) is 0. The van der Waals surface area contributed by atoms with Crippen molar-refractivity contribution in [3.63, 3.8) is 0 Å². The van der Waals surface area contributed by atoms with Gasteiger partial charge in [-0.15, -0.1) is 54.1 Å². The van der Waals surface area contributed by atoms with E-state index in [9.17, 15) is 0 Å². The van der Waals surface area contributed by atoms with Crippen LogP contribution in [-0.2, 0) is 32.9 Å². The van der Waals surface area contributed by atoms with Crippen LogP contribution in [-0.4, -0.2) is 15.0 Å². The number of hydrogen-bond donors (Lipinski definition) is 0. The topological polar surface area (TPSA) is 51.8 Å². The van der Waals surface area contributed by atoms with Gasteiger partial charge in [0.15, 0.2) is 0 Å². The van der Waals surface area contributed by atoms with Gasteiger partial charge < -0.3 is 14.4 Å². The average Bonchev–Trinajstić information content (AvgIpc) is 3.51. The molecule has 0 amide bonds. The van der Waals surface area contributed by atoms with E-state index in [-0.39, 0.29) is 25.5 Å². The smallest absolute Gasteiger partial charge is 0.130 e. The van der Waals surface area contributed by atoms with Gasteiger partial charge in [-0.2, -0.15) is 0 Å². The van der Waals surface area contributed by atoms with Crippen molar-refractivity contribution in [3.05, 3.63) is 151 Å². The summed E-state index contributed by atoms with van der Waals surface area (Å²) in [7, 11) is 0. The Morgan fingerprint density at radius 1 is 0.585 bits per heavy atom. The third kappa shape index (κ3) is 8.99. The molecule has 0 bridgehead atoms. The Labute approximate surface area is 327 Å². The van der Waals surface area contributed by atoms with E-state index >= 15 is 0 Å². The number of nitrogens with zero attached hydrogens (tertiary/aromatic N) is 3. The third-order valence-electron chi connectivity index (χ3n) is 8.99. The molecule has 4 aromatic heterocycles. The molecule has 0 atom stereocenters. The van der Waals surface area contributed by atoms with Crippen molar-refractivity contribution in [2.24, 2.45) is 10.8 Å². The Bertz CT molecular complexity index is 2490. The molecule has 8 rings (SSSR count). The second-order valence-electron chi connectivity index (χ2n) is 16.1. The van der Waals surface area contributed by atoms with Gasteiger partial charge in [0, 0.05) is 49.0 Å². The minimum absolute atomic E-state index is 0. The normalized spacial score (nSPS) is 11.7. The quantitative estimate of drug-likeness (QED) is 0.162. The monoisotopic (exact) mass is 872 g/mol. The molecule has 4 aromatic carbocycles. The van der Waals surface area contributed by atoms with Crippen molar-refractivity contribution < 1.29 is 24.5 Å². The Balaban J connectivity index is 0.000000183. The molecule has 269 valence electrons. The summed E-state index contributed by atoms with van der Waals surface area (Å²) < 4.78 is 6.42. The second-order valence-corrected chi connectivity index (χ2v) is 16.1. The largest absolute Gasteiger partial charge is 0.500 e. The molecule has 0 spiro atoms. The van der Waals surface area contributed by atoms with Crippen LogP contribution in [0.1, 0.15) is 58.4 Å². The van der Waals surface area contributed by atoms with Crippen molar-refractivity contribution in [1.82, 2.24) is 15.0 Å². The fraction of sp³-hybridized carbons (Fsp3) is 0.229. The first kappa shape index (κ1) is 37.8. The summed E-state index contributed by atoms with van der Waals surface area (Å²) in [5.41, 5.74) is 13.0. The molecule has 0 N–H and O–H groups in total. The van der Waals surface area contributed by atoms with Gasteiger partial charge in [-0.1, -0.05) is 94.5 Å². The fourth-order valence-electron chi connectivity index (χ4n) is 6.77. The van der Waals surface area contributed by atoms with Gasteiger partial charge in [-0.25, -0.2) is 0 Å². The van der Waals surface area contributed by atoms with E-state index in [1.807, 2.05) is 55.7 Å². The molecule has 0 aliphatic carbocycles. The molecule has 0 aliphatic heterocycles. The van der Waals surface area contributed by atoms with Crippen molar-refractivity contribution in [3.8, 4) is 33.6 Å². The zero-order valence-electron chi connectivity index (χ0n) is 31.5. The summed E-state index contributed by atoms with van der Waals surface area (Å²) >= 11 is 0. The first-order valence-electron chi connectivity index (χ1n) is 18.0. The van der Waals surface area contributed by atoms with Gasteiger partial charge >= 0.3 is 0 Å². The number of rotatable bonds is 5. The van der Waals surface area contributed by atoms with Crippen LogP contribution >= 0.6 is 0 Å². The SMILES string of the molecule is CC(C)(C)Cc1ccc(-c2ccnc(-c3[c-]cccc3)c2)cc1.Cc1ccc2c(ccc3c4cc[c-]c(-c5cc(CC(C)(C)C)ccn5)c4oc23)n1.[Ir]. The Kier molecular flexibility index (Phi) is 11.1. The number of aromatic nitrogens is 3. The van der Waals surface area contributed by atoms with E-state index in [1.54, 1.807) is 0 Å². The predicted molar refractivity (Wildman–Crippen MR) is 216 cm³/mol. The Morgan fingerprint density at radius 2 is 1.28 bits per heavy atom. The van der Waals surface area contributed by atoms with Gasteiger partial charge in [0.25, 0.3) is 0 Å². The number of pyridine rings is 3. The van der Waals surface area contributed by atoms with Gasteiger partial charge in [-0.3, -0.25) is 4.98 Å². The maximum absolute atomic E-state index is 6.42. The molecule has 4 heterocycles. The van der Waals surface area contributed by atoms with Gasteiger partial charge in [-0.05, 0) is 95.1 Å². The number of fused-ring (bicyclic) bond motifs is 5. The molecular formula is C48H45IrN3O-2. The van der Waals surface area contributed by atoms with Gasteiger partial charge in [0.05, 0.1) is 11.1 Å². The summed E-state index contributed by atoms with van der Waals surface area (Å²) in [5, 5.41) is 3.21. The molecule has 5 heteroatoms. The maximum Gasteiger partial charge on any atom is 0.130 e. The van der Waals surface area contributed by atoms with E-state index in [0.717, 1.165) is 73.9 Å². The third-order valence-corrected chi connectivity index (χ3v) is 8.99. The zero-order valence-corrected chi connectivity index (χ0v) is 33.9. The first-order valence-corrected chi connectivity index (χ1v) is 18.0. The van der Waals surface area contributed by atoms with E-state index in [0.29, 0.717) is 5.41 Å². The summed E-state index contributed by atoms with van der Waals surface area (Å²) in [4.78, 5) is 13.7. The molecular weight excluding hydrogens is 827 g/mol. The number of furan rings is 1. The van der Waals surface area contributed by atoms with Crippen molar-refractivity contribution >= 4 is 32.8 Å². The van der Waals surface area contributed by atoms with Crippen LogP contribution in [0.3, 0.4) is 0 Å². The molecule has 0 fully saturated rings. The van der Waals surface area contributed by atoms with Crippen LogP contribution < -0.4 is 0 Å². The zero-order chi connectivity index (χ0) is 36.5. The average molecular weight is 872 g/mol. The first-order chi connectivity index (χ1) is 24.9. The van der Waals surface area contributed by atoms with Gasteiger partial charge in [0.1, 0.15) is 5.58 Å². The molecule has 0 aliphatic rings. The molecule has 0 saturated carbocycles. The number of aryl methyl sites for hydroxylation is 1. The number of hydrogen-bond acceptors (Lipinski definition) is 4. The Hall–Kier alpha value is -4.96. The standard InChI is InChI=1S/C26H23N2O.C22H22N.Ir/c1-16-8-9-21-22(28-16)11-10-19-18-6-5-7-20(24(18)29-25(19)21)23-14-17(12-13-27-23)15-26(2,3)4;1-22(2,3)16-17-9-11-18(12-10-17)20-13-14-23-21(15-20)19-7-5-4-6-8-19;/h5-6,8-14H,15H2,1-4H3;4-7,9-15H,16H2,1-3H3;/q2*-1;. The minimum atomic E-state index is 0. The van der Waals surface area contributed by atoms with E-state index in [2.05, 4.69) is 141 Å². The van der Waals surface area contributed by atoms with Crippen LogP contribution in [0.2, 0.25) is 0 Å². The molecule has 53 heavy (non-hydrogen) atoms. The predicted octanol–water partition coefficient (Wildman–Crippen LogP) is 12.7. The summed E-state index contributed by atoms with van der Waals surface area (Å²) in [6.07, 6.45) is 5.84. The van der Waals surface area contributed by atoms with Crippen molar-refractivity contribution in [2.45, 2.75) is 61.3 Å². The van der Waals surface area contributed by atoms with Gasteiger partial charge in [0.2, 0.25) is 0 Å². The van der Waals surface area contributed by atoms with Crippen LogP contribution in [0.25, 0.3) is 66.5 Å². The van der Waals surface area contributed by atoms with Crippen molar-refractivity contribution in [2.75, 3.05) is 0 Å². The van der Waals surface area contributed by atoms with E-state index < -0.39 is 0 Å².